The molecule has 1 amide bonds. The largest absolute Gasteiger partial charge is 0.492 e. The first-order valence-corrected chi connectivity index (χ1v) is 9.10. The molecule has 0 aliphatic carbocycles. The van der Waals surface area contributed by atoms with E-state index in [0.717, 1.165) is 11.4 Å². The molecule has 3 rings (SSSR count). The van der Waals surface area contributed by atoms with E-state index < -0.39 is 5.82 Å². The quantitative estimate of drug-likeness (QED) is 0.770. The number of rotatable bonds is 4. The summed E-state index contributed by atoms with van der Waals surface area (Å²) < 4.78 is 19.8. The van der Waals surface area contributed by atoms with Gasteiger partial charge in [0.05, 0.1) is 17.9 Å². The van der Waals surface area contributed by atoms with Crippen LogP contribution in [0.15, 0.2) is 46.9 Å². The Labute approximate surface area is 155 Å². The predicted octanol–water partition coefficient (Wildman–Crippen LogP) is 3.95. The molecule has 2 aromatic carbocycles. The summed E-state index contributed by atoms with van der Waals surface area (Å²) in [5.74, 6) is 0.303. The van der Waals surface area contributed by atoms with Crippen molar-refractivity contribution in [2.75, 3.05) is 37.7 Å². The van der Waals surface area contributed by atoms with Crippen LogP contribution in [0.1, 0.15) is 17.3 Å². The lowest BCUT2D eigenvalue weighted by Gasteiger charge is -2.36. The van der Waals surface area contributed by atoms with Gasteiger partial charge < -0.3 is 14.5 Å². The summed E-state index contributed by atoms with van der Waals surface area (Å²) in [6.45, 7) is 5.17. The first kappa shape index (κ1) is 17.7. The van der Waals surface area contributed by atoms with Crippen molar-refractivity contribution < 1.29 is 13.9 Å². The van der Waals surface area contributed by atoms with Gasteiger partial charge in [-0.2, -0.15) is 0 Å². The van der Waals surface area contributed by atoms with Crippen molar-refractivity contribution in [1.82, 2.24) is 4.90 Å². The number of hydrogen-bond acceptors (Lipinski definition) is 3. The van der Waals surface area contributed by atoms with Crippen LogP contribution in [0.25, 0.3) is 0 Å². The number of anilines is 1. The Morgan fingerprint density at radius 1 is 1.16 bits per heavy atom. The molecule has 6 heteroatoms. The van der Waals surface area contributed by atoms with Crippen molar-refractivity contribution in [2.45, 2.75) is 6.92 Å². The van der Waals surface area contributed by atoms with E-state index in [1.807, 2.05) is 31.2 Å². The monoisotopic (exact) mass is 406 g/mol. The molecule has 132 valence electrons. The average Bonchev–Trinajstić information content (AvgIpc) is 2.64. The van der Waals surface area contributed by atoms with E-state index in [-0.39, 0.29) is 5.91 Å². The molecule has 1 heterocycles. The number of carbonyl (C=O) groups is 1. The molecule has 2 aromatic rings. The Bertz CT molecular complexity index is 761. The average molecular weight is 407 g/mol. The maximum atomic E-state index is 13.5. The Morgan fingerprint density at radius 3 is 2.60 bits per heavy atom. The van der Waals surface area contributed by atoms with Crippen LogP contribution < -0.4 is 9.64 Å². The molecule has 0 atom stereocenters. The van der Waals surface area contributed by atoms with Gasteiger partial charge in [0, 0.05) is 30.7 Å². The van der Waals surface area contributed by atoms with Crippen LogP contribution in [-0.2, 0) is 0 Å². The fourth-order valence-corrected chi connectivity index (χ4v) is 3.39. The van der Waals surface area contributed by atoms with E-state index in [0.29, 0.717) is 42.8 Å². The number of nitrogens with zero attached hydrogens (tertiary/aromatic N) is 2. The summed E-state index contributed by atoms with van der Waals surface area (Å²) in [6, 6.07) is 12.1. The molecule has 0 spiro atoms. The summed E-state index contributed by atoms with van der Waals surface area (Å²) in [4.78, 5) is 16.7. The first-order chi connectivity index (χ1) is 12.1. The number of para-hydroxylation sites is 2. The SMILES string of the molecule is CCOc1ccccc1N1CCN(C(=O)c2cc(F)ccc2Br)CC1. The number of hydrogen-bond donors (Lipinski definition) is 0. The minimum absolute atomic E-state index is 0.149. The lowest BCUT2D eigenvalue weighted by molar-refractivity contribution is 0.0745. The van der Waals surface area contributed by atoms with Crippen LogP contribution in [0.5, 0.6) is 5.75 Å². The number of amides is 1. The highest BCUT2D eigenvalue weighted by Crippen LogP contribution is 2.29. The molecule has 25 heavy (non-hydrogen) atoms. The molecule has 1 fully saturated rings. The van der Waals surface area contributed by atoms with Crippen molar-refractivity contribution in [3.63, 3.8) is 0 Å². The second-order valence-electron chi connectivity index (χ2n) is 5.80. The predicted molar refractivity (Wildman–Crippen MR) is 99.8 cm³/mol. The normalized spacial score (nSPS) is 14.5. The minimum atomic E-state index is -0.407. The Hall–Kier alpha value is -2.08. The Morgan fingerprint density at radius 2 is 1.88 bits per heavy atom. The smallest absolute Gasteiger partial charge is 0.255 e. The van der Waals surface area contributed by atoms with Crippen molar-refractivity contribution in [2.24, 2.45) is 0 Å². The molecule has 0 bridgehead atoms. The van der Waals surface area contributed by atoms with Crippen LogP contribution >= 0.6 is 15.9 Å². The zero-order valence-electron chi connectivity index (χ0n) is 14.0. The summed E-state index contributed by atoms with van der Waals surface area (Å²) in [6.07, 6.45) is 0. The van der Waals surface area contributed by atoms with Gasteiger partial charge in [0.25, 0.3) is 5.91 Å². The van der Waals surface area contributed by atoms with Crippen LogP contribution in [-0.4, -0.2) is 43.6 Å². The van der Waals surface area contributed by atoms with Gasteiger partial charge in [0.1, 0.15) is 11.6 Å². The number of halogens is 2. The topological polar surface area (TPSA) is 32.8 Å². The van der Waals surface area contributed by atoms with Crippen molar-refractivity contribution in [3.8, 4) is 5.75 Å². The maximum absolute atomic E-state index is 13.5. The van der Waals surface area contributed by atoms with Crippen LogP contribution in [0.2, 0.25) is 0 Å². The minimum Gasteiger partial charge on any atom is -0.492 e. The van der Waals surface area contributed by atoms with E-state index in [1.165, 1.54) is 12.1 Å². The van der Waals surface area contributed by atoms with Crippen molar-refractivity contribution >= 4 is 27.5 Å². The van der Waals surface area contributed by atoms with Gasteiger partial charge in [-0.15, -0.1) is 0 Å². The van der Waals surface area contributed by atoms with Crippen molar-refractivity contribution in [3.05, 3.63) is 58.3 Å². The molecular formula is C19H20BrFN2O2. The lowest BCUT2D eigenvalue weighted by atomic mass is 10.1. The fourth-order valence-electron chi connectivity index (χ4n) is 2.98. The van der Waals surface area contributed by atoms with Gasteiger partial charge in [0.2, 0.25) is 0 Å². The highest BCUT2D eigenvalue weighted by molar-refractivity contribution is 9.10. The van der Waals surface area contributed by atoms with E-state index in [1.54, 1.807) is 11.0 Å². The highest BCUT2D eigenvalue weighted by Gasteiger charge is 2.25. The third kappa shape index (κ3) is 3.95. The molecule has 0 unspecified atom stereocenters. The van der Waals surface area contributed by atoms with E-state index in [9.17, 15) is 9.18 Å². The summed E-state index contributed by atoms with van der Waals surface area (Å²) >= 11 is 3.33. The zero-order valence-corrected chi connectivity index (χ0v) is 15.6. The molecular weight excluding hydrogens is 387 g/mol. The molecule has 4 nitrogen and oxygen atoms in total. The Balaban J connectivity index is 1.70. The van der Waals surface area contributed by atoms with Gasteiger partial charge in [-0.25, -0.2) is 4.39 Å². The van der Waals surface area contributed by atoms with Gasteiger partial charge in [0.15, 0.2) is 0 Å². The molecule has 0 saturated carbocycles. The van der Waals surface area contributed by atoms with E-state index in [4.69, 9.17) is 4.74 Å². The number of benzene rings is 2. The molecule has 0 N–H and O–H groups in total. The number of ether oxygens (including phenoxy) is 1. The van der Waals surface area contributed by atoms with Crippen molar-refractivity contribution in [1.29, 1.82) is 0 Å². The third-order valence-electron chi connectivity index (χ3n) is 4.23. The van der Waals surface area contributed by atoms with Gasteiger partial charge >= 0.3 is 0 Å². The molecule has 1 saturated heterocycles. The van der Waals surface area contributed by atoms with E-state index >= 15 is 0 Å². The summed E-state index contributed by atoms with van der Waals surface area (Å²) in [5, 5.41) is 0. The molecule has 0 radical (unpaired) electrons. The molecule has 1 aliphatic rings. The van der Waals surface area contributed by atoms with E-state index in [2.05, 4.69) is 20.8 Å². The second-order valence-corrected chi connectivity index (χ2v) is 6.66. The number of piperazine rings is 1. The van der Waals surface area contributed by atoms with Crippen LogP contribution in [0.4, 0.5) is 10.1 Å². The summed E-state index contributed by atoms with van der Waals surface area (Å²) in [5.41, 5.74) is 1.41. The maximum Gasteiger partial charge on any atom is 0.255 e. The molecule has 1 aliphatic heterocycles. The van der Waals surface area contributed by atoms with Gasteiger partial charge in [-0.3, -0.25) is 4.79 Å². The third-order valence-corrected chi connectivity index (χ3v) is 4.92. The van der Waals surface area contributed by atoms with Crippen LogP contribution in [0.3, 0.4) is 0 Å². The highest BCUT2D eigenvalue weighted by atomic mass is 79.9. The van der Waals surface area contributed by atoms with Gasteiger partial charge in [-0.1, -0.05) is 12.1 Å². The van der Waals surface area contributed by atoms with Crippen LogP contribution in [0, 0.1) is 5.82 Å². The number of carbonyl (C=O) groups excluding carboxylic acids is 1. The Kier molecular flexibility index (Phi) is 5.58. The van der Waals surface area contributed by atoms with Gasteiger partial charge in [-0.05, 0) is 53.2 Å². The standard InChI is InChI=1S/C19H20BrFN2O2/c1-2-25-18-6-4-3-5-17(18)22-9-11-23(12-10-22)19(24)15-13-14(21)7-8-16(15)20/h3-8,13H,2,9-12H2,1H3. The second kappa shape index (κ2) is 7.87. The zero-order chi connectivity index (χ0) is 17.8. The first-order valence-electron chi connectivity index (χ1n) is 8.31. The molecule has 0 aromatic heterocycles. The fraction of sp³-hybridized carbons (Fsp3) is 0.316. The lowest BCUT2D eigenvalue weighted by Crippen LogP contribution is -2.49. The summed E-state index contributed by atoms with van der Waals surface area (Å²) in [7, 11) is 0.